The average molecular weight is 286 g/mol. The Hall–Kier alpha value is -1.91. The standard InChI is InChI=1S/C17H22N2O2/c1-13-7-6-8-14(18-13)11-19(2)12-16(20)15-9-4-5-10-17(15)21-3/h4-10,16,20H,11-12H2,1-3H3. The van der Waals surface area contributed by atoms with Crippen molar-refractivity contribution in [3.63, 3.8) is 0 Å². The lowest BCUT2D eigenvalue weighted by molar-refractivity contribution is 0.120. The molecule has 0 saturated heterocycles. The highest BCUT2D eigenvalue weighted by Crippen LogP contribution is 2.25. The Balaban J connectivity index is 2.00. The van der Waals surface area contributed by atoms with E-state index in [1.54, 1.807) is 7.11 Å². The van der Waals surface area contributed by atoms with Crippen molar-refractivity contribution in [2.45, 2.75) is 19.6 Å². The zero-order valence-corrected chi connectivity index (χ0v) is 12.8. The van der Waals surface area contributed by atoms with Crippen LogP contribution >= 0.6 is 0 Å². The molecule has 0 bridgehead atoms. The van der Waals surface area contributed by atoms with E-state index in [9.17, 15) is 5.11 Å². The molecule has 0 spiro atoms. The van der Waals surface area contributed by atoms with Crippen molar-refractivity contribution in [1.82, 2.24) is 9.88 Å². The van der Waals surface area contributed by atoms with Gasteiger partial charge in [-0.2, -0.15) is 0 Å². The van der Waals surface area contributed by atoms with E-state index in [0.29, 0.717) is 18.8 Å². The molecule has 112 valence electrons. The maximum Gasteiger partial charge on any atom is 0.124 e. The molecule has 21 heavy (non-hydrogen) atoms. The molecule has 1 N–H and O–H groups in total. The summed E-state index contributed by atoms with van der Waals surface area (Å²) in [5, 5.41) is 10.4. The van der Waals surface area contributed by atoms with Gasteiger partial charge in [0.25, 0.3) is 0 Å². The number of ether oxygens (including phenoxy) is 1. The van der Waals surface area contributed by atoms with Crippen molar-refractivity contribution in [3.8, 4) is 5.75 Å². The summed E-state index contributed by atoms with van der Waals surface area (Å²) in [6.45, 7) is 3.21. The summed E-state index contributed by atoms with van der Waals surface area (Å²) in [7, 11) is 3.59. The van der Waals surface area contributed by atoms with E-state index in [1.165, 1.54) is 0 Å². The van der Waals surface area contributed by atoms with Crippen LogP contribution in [0.2, 0.25) is 0 Å². The minimum atomic E-state index is -0.587. The first-order valence-electron chi connectivity index (χ1n) is 7.02. The molecule has 1 aromatic heterocycles. The highest BCUT2D eigenvalue weighted by molar-refractivity contribution is 5.35. The number of nitrogens with zero attached hydrogens (tertiary/aromatic N) is 2. The van der Waals surface area contributed by atoms with E-state index in [-0.39, 0.29) is 0 Å². The molecular weight excluding hydrogens is 264 g/mol. The van der Waals surface area contributed by atoms with Gasteiger partial charge < -0.3 is 9.84 Å². The number of rotatable bonds is 6. The van der Waals surface area contributed by atoms with E-state index in [4.69, 9.17) is 4.74 Å². The van der Waals surface area contributed by atoms with Crippen LogP contribution in [0.25, 0.3) is 0 Å². The molecule has 0 saturated carbocycles. The van der Waals surface area contributed by atoms with E-state index in [1.807, 2.05) is 56.4 Å². The molecular formula is C17H22N2O2. The molecule has 4 nitrogen and oxygen atoms in total. The fraction of sp³-hybridized carbons (Fsp3) is 0.353. The lowest BCUT2D eigenvalue weighted by atomic mass is 10.1. The zero-order chi connectivity index (χ0) is 15.2. The van der Waals surface area contributed by atoms with Crippen LogP contribution in [0.3, 0.4) is 0 Å². The third-order valence-corrected chi connectivity index (χ3v) is 3.36. The first kappa shape index (κ1) is 15.5. The molecule has 1 atom stereocenters. The Morgan fingerprint density at radius 3 is 2.67 bits per heavy atom. The first-order chi connectivity index (χ1) is 10.1. The summed E-state index contributed by atoms with van der Waals surface area (Å²) in [5.41, 5.74) is 2.82. The molecule has 0 aliphatic rings. The van der Waals surface area contributed by atoms with Gasteiger partial charge in [-0.1, -0.05) is 24.3 Å². The number of methoxy groups -OCH3 is 1. The number of benzene rings is 1. The fourth-order valence-electron chi connectivity index (χ4n) is 2.36. The summed E-state index contributed by atoms with van der Waals surface area (Å²) < 4.78 is 5.29. The Morgan fingerprint density at radius 2 is 1.95 bits per heavy atom. The molecule has 2 aromatic rings. The molecule has 1 heterocycles. The third-order valence-electron chi connectivity index (χ3n) is 3.36. The second-order valence-electron chi connectivity index (χ2n) is 5.22. The number of aromatic nitrogens is 1. The summed E-state index contributed by atoms with van der Waals surface area (Å²) in [5.74, 6) is 0.715. The van der Waals surface area contributed by atoms with Crippen LogP contribution in [0, 0.1) is 6.92 Å². The number of hydrogen-bond donors (Lipinski definition) is 1. The Bertz CT molecular complexity index is 587. The van der Waals surface area contributed by atoms with Crippen LogP contribution in [0.1, 0.15) is 23.1 Å². The molecule has 0 fully saturated rings. The van der Waals surface area contributed by atoms with Crippen molar-refractivity contribution in [2.75, 3.05) is 20.7 Å². The van der Waals surface area contributed by atoms with Crippen molar-refractivity contribution in [3.05, 3.63) is 59.4 Å². The number of aliphatic hydroxyl groups is 1. The van der Waals surface area contributed by atoms with E-state index in [2.05, 4.69) is 9.88 Å². The summed E-state index contributed by atoms with van der Waals surface area (Å²) >= 11 is 0. The molecule has 2 rings (SSSR count). The lowest BCUT2D eigenvalue weighted by Crippen LogP contribution is -2.25. The molecule has 0 radical (unpaired) electrons. The SMILES string of the molecule is COc1ccccc1C(O)CN(C)Cc1cccc(C)n1. The van der Waals surface area contributed by atoms with Crippen molar-refractivity contribution in [1.29, 1.82) is 0 Å². The lowest BCUT2D eigenvalue weighted by Gasteiger charge is -2.21. The zero-order valence-electron chi connectivity index (χ0n) is 12.8. The molecule has 4 heteroatoms. The minimum absolute atomic E-state index is 0.524. The summed E-state index contributed by atoms with van der Waals surface area (Å²) in [6.07, 6.45) is -0.587. The van der Waals surface area contributed by atoms with Crippen LogP contribution in [-0.2, 0) is 6.54 Å². The van der Waals surface area contributed by atoms with Crippen molar-refractivity contribution in [2.24, 2.45) is 0 Å². The Morgan fingerprint density at radius 1 is 1.19 bits per heavy atom. The number of aliphatic hydroxyl groups excluding tert-OH is 1. The molecule has 1 aromatic carbocycles. The number of para-hydroxylation sites is 1. The Kier molecular flexibility index (Phi) is 5.31. The van der Waals surface area contributed by atoms with Gasteiger partial charge in [-0.3, -0.25) is 9.88 Å². The quantitative estimate of drug-likeness (QED) is 0.886. The van der Waals surface area contributed by atoms with Crippen LogP contribution < -0.4 is 4.74 Å². The van der Waals surface area contributed by atoms with Gasteiger partial charge in [0.05, 0.1) is 18.9 Å². The van der Waals surface area contributed by atoms with Crippen LogP contribution in [-0.4, -0.2) is 35.7 Å². The van der Waals surface area contributed by atoms with Crippen molar-refractivity contribution < 1.29 is 9.84 Å². The normalized spacial score (nSPS) is 12.4. The number of likely N-dealkylation sites (N-methyl/N-ethyl adjacent to an activating group) is 1. The third kappa shape index (κ3) is 4.28. The maximum atomic E-state index is 10.4. The van der Waals surface area contributed by atoms with Gasteiger partial charge in [0.1, 0.15) is 5.75 Å². The number of pyridine rings is 1. The fourth-order valence-corrected chi connectivity index (χ4v) is 2.36. The van der Waals surface area contributed by atoms with Crippen LogP contribution in [0.5, 0.6) is 5.75 Å². The van der Waals surface area contributed by atoms with Gasteiger partial charge in [-0.25, -0.2) is 0 Å². The molecule has 0 aliphatic heterocycles. The maximum absolute atomic E-state index is 10.4. The minimum Gasteiger partial charge on any atom is -0.496 e. The number of hydrogen-bond acceptors (Lipinski definition) is 4. The van der Waals surface area contributed by atoms with E-state index < -0.39 is 6.10 Å². The second-order valence-corrected chi connectivity index (χ2v) is 5.22. The van der Waals surface area contributed by atoms with Gasteiger partial charge >= 0.3 is 0 Å². The summed E-state index contributed by atoms with van der Waals surface area (Å²) in [6, 6.07) is 13.5. The molecule has 0 amide bonds. The van der Waals surface area contributed by atoms with Crippen molar-refractivity contribution >= 4 is 0 Å². The van der Waals surface area contributed by atoms with E-state index in [0.717, 1.165) is 17.0 Å². The summed E-state index contributed by atoms with van der Waals surface area (Å²) in [4.78, 5) is 6.53. The van der Waals surface area contributed by atoms with Gasteiger partial charge in [-0.05, 0) is 32.2 Å². The average Bonchev–Trinajstić information content (AvgIpc) is 2.47. The number of aryl methyl sites for hydroxylation is 1. The van der Waals surface area contributed by atoms with Crippen LogP contribution in [0.15, 0.2) is 42.5 Å². The second kappa shape index (κ2) is 7.20. The molecule has 1 unspecified atom stereocenters. The Labute approximate surface area is 126 Å². The van der Waals surface area contributed by atoms with E-state index >= 15 is 0 Å². The van der Waals surface area contributed by atoms with Gasteiger partial charge in [0.2, 0.25) is 0 Å². The largest absolute Gasteiger partial charge is 0.496 e. The van der Waals surface area contributed by atoms with Gasteiger partial charge in [-0.15, -0.1) is 0 Å². The van der Waals surface area contributed by atoms with Gasteiger partial charge in [0.15, 0.2) is 0 Å². The monoisotopic (exact) mass is 286 g/mol. The highest BCUT2D eigenvalue weighted by atomic mass is 16.5. The predicted molar refractivity (Wildman–Crippen MR) is 83.3 cm³/mol. The topological polar surface area (TPSA) is 45.6 Å². The first-order valence-corrected chi connectivity index (χ1v) is 7.02. The predicted octanol–water partition coefficient (Wildman–Crippen LogP) is 2.56. The van der Waals surface area contributed by atoms with Crippen LogP contribution in [0.4, 0.5) is 0 Å². The smallest absolute Gasteiger partial charge is 0.124 e. The molecule has 0 aliphatic carbocycles. The highest BCUT2D eigenvalue weighted by Gasteiger charge is 2.15. The van der Waals surface area contributed by atoms with Gasteiger partial charge in [0, 0.05) is 24.3 Å².